The van der Waals surface area contributed by atoms with Crippen LogP contribution in [0.4, 0.5) is 0 Å². The highest BCUT2D eigenvalue weighted by atomic mass is 32.2. The Balaban J connectivity index is 2.03. The first kappa shape index (κ1) is 26.1. The molecule has 2 heterocycles. The van der Waals surface area contributed by atoms with E-state index in [0.29, 0.717) is 40.1 Å². The number of ketones is 1. The standard InChI is InChI=1S/C26H36N2O5S/c1-7-9-10-11-12-21(29)33-25-20(16-27-28(25)8-2)23(30)19-15-17(3)24-22(18(19)4)26(5,6)13-14-34(24,31)32/h15-16H,7-14H2,1-6H3. The van der Waals surface area contributed by atoms with Gasteiger partial charge >= 0.3 is 5.97 Å². The number of sulfone groups is 1. The SMILES string of the molecule is CCCCCCC(=O)Oc1c(C(=O)c2cc(C)c3c(c2C)C(C)(C)CCS3(=O)=O)cnn1CC. The Bertz CT molecular complexity index is 1210. The van der Waals surface area contributed by atoms with Gasteiger partial charge in [-0.2, -0.15) is 5.10 Å². The minimum absolute atomic E-state index is 0.0994. The first-order valence-electron chi connectivity index (χ1n) is 12.1. The molecule has 0 saturated carbocycles. The smallest absolute Gasteiger partial charge is 0.312 e. The summed E-state index contributed by atoms with van der Waals surface area (Å²) in [6.45, 7) is 12.0. The van der Waals surface area contributed by atoms with E-state index in [4.69, 9.17) is 4.74 Å². The molecular formula is C26H36N2O5S. The molecule has 0 N–H and O–H groups in total. The molecule has 3 rings (SSSR count). The second kappa shape index (κ2) is 10.0. The van der Waals surface area contributed by atoms with Gasteiger partial charge in [0, 0.05) is 18.5 Å². The lowest BCUT2D eigenvalue weighted by atomic mass is 9.77. The maximum absolute atomic E-state index is 13.7. The number of unbranched alkanes of at least 4 members (excludes halogenated alkanes) is 3. The lowest BCUT2D eigenvalue weighted by Gasteiger charge is -2.35. The molecule has 0 aliphatic carbocycles. The third-order valence-corrected chi connectivity index (χ3v) is 8.62. The molecule has 0 radical (unpaired) electrons. The quantitative estimate of drug-likeness (QED) is 0.277. The van der Waals surface area contributed by atoms with Crippen LogP contribution >= 0.6 is 0 Å². The van der Waals surface area contributed by atoms with Crippen LogP contribution in [0.2, 0.25) is 0 Å². The Labute approximate surface area is 202 Å². The van der Waals surface area contributed by atoms with E-state index in [1.54, 1.807) is 19.9 Å². The average Bonchev–Trinajstić information content (AvgIpc) is 3.17. The van der Waals surface area contributed by atoms with Gasteiger partial charge in [0.1, 0.15) is 5.56 Å². The monoisotopic (exact) mass is 488 g/mol. The van der Waals surface area contributed by atoms with Crippen molar-refractivity contribution < 1.29 is 22.7 Å². The second-order valence-corrected chi connectivity index (χ2v) is 11.9. The third-order valence-electron chi connectivity index (χ3n) is 6.73. The summed E-state index contributed by atoms with van der Waals surface area (Å²) in [6, 6.07) is 1.65. The molecule has 0 atom stereocenters. The van der Waals surface area contributed by atoms with Crippen LogP contribution in [-0.4, -0.2) is 35.7 Å². The predicted molar refractivity (Wildman–Crippen MR) is 131 cm³/mol. The van der Waals surface area contributed by atoms with E-state index >= 15 is 0 Å². The van der Waals surface area contributed by atoms with Crippen molar-refractivity contribution in [3.63, 3.8) is 0 Å². The number of aryl methyl sites for hydroxylation is 2. The van der Waals surface area contributed by atoms with Crippen LogP contribution in [0.5, 0.6) is 5.88 Å². The van der Waals surface area contributed by atoms with E-state index < -0.39 is 9.84 Å². The van der Waals surface area contributed by atoms with Crippen molar-refractivity contribution in [2.45, 2.75) is 96.9 Å². The third kappa shape index (κ3) is 4.97. The molecule has 8 heteroatoms. The maximum atomic E-state index is 13.7. The maximum Gasteiger partial charge on any atom is 0.312 e. The molecule has 7 nitrogen and oxygen atoms in total. The Morgan fingerprint density at radius 3 is 2.47 bits per heavy atom. The second-order valence-electron chi connectivity index (χ2n) is 9.82. The van der Waals surface area contributed by atoms with Crippen molar-refractivity contribution in [3.05, 3.63) is 40.1 Å². The van der Waals surface area contributed by atoms with Crippen molar-refractivity contribution in [2.24, 2.45) is 0 Å². The van der Waals surface area contributed by atoms with E-state index in [1.165, 1.54) is 10.9 Å². The fraction of sp³-hybridized carbons (Fsp3) is 0.577. The largest absolute Gasteiger partial charge is 0.407 e. The Morgan fingerprint density at radius 2 is 1.82 bits per heavy atom. The van der Waals surface area contributed by atoms with Crippen LogP contribution in [0.15, 0.2) is 17.2 Å². The minimum atomic E-state index is -3.41. The lowest BCUT2D eigenvalue weighted by Crippen LogP contribution is -2.33. The van der Waals surface area contributed by atoms with Gasteiger partial charge in [-0.05, 0) is 61.8 Å². The first-order chi connectivity index (χ1) is 15.9. The highest BCUT2D eigenvalue weighted by Crippen LogP contribution is 2.43. The van der Waals surface area contributed by atoms with Crippen molar-refractivity contribution in [1.29, 1.82) is 0 Å². The highest BCUT2D eigenvalue weighted by molar-refractivity contribution is 7.91. The van der Waals surface area contributed by atoms with Crippen LogP contribution < -0.4 is 4.74 Å². The molecule has 0 unspecified atom stereocenters. The van der Waals surface area contributed by atoms with Crippen molar-refractivity contribution in [2.75, 3.05) is 5.75 Å². The normalized spacial score (nSPS) is 16.2. The molecule has 0 spiro atoms. The van der Waals surface area contributed by atoms with E-state index in [2.05, 4.69) is 12.0 Å². The number of benzene rings is 1. The van der Waals surface area contributed by atoms with Gasteiger partial charge in [0.25, 0.3) is 0 Å². The van der Waals surface area contributed by atoms with E-state index in [1.807, 2.05) is 20.8 Å². The molecule has 0 bridgehead atoms. The number of fused-ring (bicyclic) bond motifs is 1. The predicted octanol–water partition coefficient (Wildman–Crippen LogP) is 5.08. The number of carbonyl (C=O) groups is 2. The number of hydrogen-bond donors (Lipinski definition) is 0. The number of carbonyl (C=O) groups excluding carboxylic acids is 2. The number of aromatic nitrogens is 2. The molecule has 34 heavy (non-hydrogen) atoms. The van der Waals surface area contributed by atoms with Gasteiger partial charge in [0.15, 0.2) is 15.6 Å². The Morgan fingerprint density at radius 1 is 1.12 bits per heavy atom. The number of hydrogen-bond acceptors (Lipinski definition) is 6. The van der Waals surface area contributed by atoms with Crippen LogP contribution in [0.3, 0.4) is 0 Å². The van der Waals surface area contributed by atoms with E-state index in [0.717, 1.165) is 25.7 Å². The molecule has 1 aliphatic heterocycles. The van der Waals surface area contributed by atoms with Gasteiger partial charge in [0.2, 0.25) is 5.88 Å². The van der Waals surface area contributed by atoms with Gasteiger partial charge in [-0.1, -0.05) is 40.0 Å². The van der Waals surface area contributed by atoms with Crippen LogP contribution in [0.25, 0.3) is 0 Å². The summed E-state index contributed by atoms with van der Waals surface area (Å²) in [7, 11) is -3.41. The highest BCUT2D eigenvalue weighted by Gasteiger charge is 2.39. The van der Waals surface area contributed by atoms with Crippen LogP contribution in [0.1, 0.15) is 98.8 Å². The summed E-state index contributed by atoms with van der Waals surface area (Å²) >= 11 is 0. The molecule has 1 aromatic carbocycles. The molecule has 0 saturated heterocycles. The van der Waals surface area contributed by atoms with Crippen molar-refractivity contribution >= 4 is 21.6 Å². The minimum Gasteiger partial charge on any atom is -0.407 e. The summed E-state index contributed by atoms with van der Waals surface area (Å²) in [5, 5.41) is 4.26. The summed E-state index contributed by atoms with van der Waals surface area (Å²) in [4.78, 5) is 26.5. The van der Waals surface area contributed by atoms with Gasteiger partial charge in [-0.3, -0.25) is 9.59 Å². The summed E-state index contributed by atoms with van der Waals surface area (Å²) in [5.74, 6) is -0.460. The summed E-state index contributed by atoms with van der Waals surface area (Å²) in [5.41, 5.74) is 2.17. The zero-order chi connectivity index (χ0) is 25.3. The molecule has 0 amide bonds. The topological polar surface area (TPSA) is 95.3 Å². The zero-order valence-electron chi connectivity index (χ0n) is 21.2. The van der Waals surface area contributed by atoms with Gasteiger partial charge in [-0.25, -0.2) is 13.1 Å². The number of nitrogens with zero attached hydrogens (tertiary/aromatic N) is 2. The van der Waals surface area contributed by atoms with Crippen molar-refractivity contribution in [1.82, 2.24) is 9.78 Å². The summed E-state index contributed by atoms with van der Waals surface area (Å²) < 4.78 is 32.9. The fourth-order valence-corrected chi connectivity index (χ4v) is 7.10. The lowest BCUT2D eigenvalue weighted by molar-refractivity contribution is -0.135. The zero-order valence-corrected chi connectivity index (χ0v) is 22.0. The fourth-order valence-electron chi connectivity index (χ4n) is 4.82. The van der Waals surface area contributed by atoms with Crippen LogP contribution in [-0.2, 0) is 26.6 Å². The van der Waals surface area contributed by atoms with E-state index in [9.17, 15) is 18.0 Å². The van der Waals surface area contributed by atoms with Gasteiger partial charge in [0.05, 0.1) is 16.8 Å². The van der Waals surface area contributed by atoms with Crippen molar-refractivity contribution in [3.8, 4) is 5.88 Å². The number of rotatable bonds is 9. The average molecular weight is 489 g/mol. The van der Waals surface area contributed by atoms with Gasteiger partial charge in [-0.15, -0.1) is 0 Å². The van der Waals surface area contributed by atoms with E-state index in [-0.39, 0.29) is 40.8 Å². The van der Waals surface area contributed by atoms with Gasteiger partial charge < -0.3 is 4.74 Å². The number of ether oxygens (including phenoxy) is 1. The molecule has 186 valence electrons. The Kier molecular flexibility index (Phi) is 7.70. The molecule has 2 aromatic rings. The number of esters is 1. The molecule has 1 aliphatic rings. The Hall–Kier alpha value is -2.48. The van der Waals surface area contributed by atoms with Crippen LogP contribution in [0, 0.1) is 13.8 Å². The first-order valence-corrected chi connectivity index (χ1v) is 13.8. The molecule has 0 fully saturated rings. The molecule has 1 aromatic heterocycles. The summed E-state index contributed by atoms with van der Waals surface area (Å²) in [6.07, 6.45) is 6.04. The molecular weight excluding hydrogens is 452 g/mol.